The maximum Gasteiger partial charge on any atom is 0.256 e. The molecule has 8 heteroatoms. The minimum Gasteiger partial charge on any atom is -0.489 e. The maximum atomic E-state index is 13.7. The molecule has 7 rings (SSSR count). The van der Waals surface area contributed by atoms with Crippen LogP contribution in [0.2, 0.25) is 5.02 Å². The summed E-state index contributed by atoms with van der Waals surface area (Å²) in [6.45, 7) is 14.0. The Labute approximate surface area is 266 Å². The zero-order valence-corrected chi connectivity index (χ0v) is 27.0. The summed E-state index contributed by atoms with van der Waals surface area (Å²) in [5.74, 6) is 7.95. The van der Waals surface area contributed by atoms with Gasteiger partial charge in [-0.05, 0) is 68.8 Å². The zero-order valence-electron chi connectivity index (χ0n) is 26.3. The van der Waals surface area contributed by atoms with Crippen molar-refractivity contribution >= 4 is 17.5 Å². The summed E-state index contributed by atoms with van der Waals surface area (Å²) >= 11 is 6.27. The summed E-state index contributed by atoms with van der Waals surface area (Å²) < 4.78 is 6.45. The number of nitriles is 1. The predicted molar refractivity (Wildman–Crippen MR) is 170 cm³/mol. The van der Waals surface area contributed by atoms with Crippen LogP contribution in [-0.4, -0.2) is 65.1 Å². The second-order valence-electron chi connectivity index (χ2n) is 15.0. The molecule has 4 heterocycles. The van der Waals surface area contributed by atoms with Crippen LogP contribution in [0.5, 0.6) is 5.75 Å². The van der Waals surface area contributed by atoms with E-state index >= 15 is 0 Å². The lowest BCUT2D eigenvalue weighted by Crippen LogP contribution is -2.74. The number of pyridine rings is 1. The smallest absolute Gasteiger partial charge is 0.256 e. The van der Waals surface area contributed by atoms with E-state index in [0.717, 1.165) is 30.3 Å². The lowest BCUT2D eigenvalue weighted by molar-refractivity contribution is -0.199. The second-order valence-corrected chi connectivity index (χ2v) is 15.4. The average molecular weight is 612 g/mol. The highest BCUT2D eigenvalue weighted by molar-refractivity contribution is 6.31. The fraction of sp³-hybridized carbons (Fsp3) is 0.583. The van der Waals surface area contributed by atoms with Crippen molar-refractivity contribution in [2.75, 3.05) is 26.2 Å². The summed E-state index contributed by atoms with van der Waals surface area (Å²) in [6, 6.07) is 11.8. The molecule has 0 unspecified atom stereocenters. The van der Waals surface area contributed by atoms with Gasteiger partial charge < -0.3 is 15.0 Å². The Morgan fingerprint density at radius 2 is 1.82 bits per heavy atom. The van der Waals surface area contributed by atoms with Gasteiger partial charge in [-0.1, -0.05) is 45.2 Å². The molecule has 2 saturated carbocycles. The number of halogens is 1. The van der Waals surface area contributed by atoms with Crippen LogP contribution < -0.4 is 10.1 Å². The molecular weight excluding hydrogens is 570 g/mol. The molecule has 1 aromatic heterocycles. The Bertz CT molecular complexity index is 1560. The monoisotopic (exact) mass is 611 g/mol. The van der Waals surface area contributed by atoms with Crippen LogP contribution in [0.4, 0.5) is 0 Å². The Morgan fingerprint density at radius 1 is 1.07 bits per heavy atom. The summed E-state index contributed by atoms with van der Waals surface area (Å²) in [4.78, 5) is 23.2. The number of likely N-dealkylation sites (tertiary alicyclic amines) is 1. The van der Waals surface area contributed by atoms with Crippen molar-refractivity contribution < 1.29 is 9.53 Å². The third-order valence-corrected chi connectivity index (χ3v) is 11.5. The van der Waals surface area contributed by atoms with Crippen molar-refractivity contribution in [3.8, 4) is 23.7 Å². The number of rotatable bonds is 4. The third-order valence-electron chi connectivity index (χ3n) is 11.2. The van der Waals surface area contributed by atoms with Crippen LogP contribution in [0.1, 0.15) is 87.1 Å². The minimum atomic E-state index is -0.312. The number of aromatic nitrogens is 1. The van der Waals surface area contributed by atoms with E-state index in [1.54, 1.807) is 18.2 Å². The van der Waals surface area contributed by atoms with E-state index in [4.69, 9.17) is 21.3 Å². The number of ether oxygens (including phenoxy) is 1. The molecule has 0 radical (unpaired) electrons. The largest absolute Gasteiger partial charge is 0.489 e. The topological polar surface area (TPSA) is 81.5 Å². The number of benzene rings is 1. The number of carbonyl (C=O) groups is 1. The quantitative estimate of drug-likeness (QED) is 0.450. The molecule has 2 aromatic rings. The summed E-state index contributed by atoms with van der Waals surface area (Å²) in [5.41, 5.74) is 2.61. The van der Waals surface area contributed by atoms with Gasteiger partial charge in [-0.15, -0.1) is 0 Å². The number of amides is 1. The van der Waals surface area contributed by atoms with E-state index < -0.39 is 0 Å². The Balaban J connectivity index is 0.980. The first-order chi connectivity index (χ1) is 21.0. The van der Waals surface area contributed by atoms with Crippen LogP contribution in [0.15, 0.2) is 30.3 Å². The zero-order chi connectivity index (χ0) is 30.9. The first-order valence-corrected chi connectivity index (χ1v) is 16.5. The fourth-order valence-corrected chi connectivity index (χ4v) is 9.61. The first kappa shape index (κ1) is 29.6. The van der Waals surface area contributed by atoms with E-state index in [1.165, 1.54) is 45.4 Å². The first-order valence-electron chi connectivity index (χ1n) is 16.1. The van der Waals surface area contributed by atoms with Gasteiger partial charge in [0.1, 0.15) is 23.6 Å². The van der Waals surface area contributed by atoms with Gasteiger partial charge in [0.05, 0.1) is 28.4 Å². The van der Waals surface area contributed by atoms with E-state index in [-0.39, 0.29) is 28.9 Å². The van der Waals surface area contributed by atoms with Gasteiger partial charge in [-0.25, -0.2) is 4.98 Å². The standard InChI is InChI=1S/C36H42ClN5O2/c1-34(2)32(35(3,4)33(34)44-27-13-8-24(18-38)29(37)17-27)42-19-30-28(31(42)43)14-10-25(40-30)9-5-23-6-11-26(12-7-23)41-21-36(22-41)15-16-39-20-36/h8,10,13-14,17,23,26,32-33,39H,6-7,11-12,15-16,19-22H2,1-4H3/t23?,26?,32-,33-. The van der Waals surface area contributed by atoms with Gasteiger partial charge in [0.25, 0.3) is 5.91 Å². The van der Waals surface area contributed by atoms with Crippen molar-refractivity contribution in [2.45, 2.75) is 84.5 Å². The molecular formula is C36H42ClN5O2. The second kappa shape index (κ2) is 10.8. The molecule has 2 aliphatic carbocycles. The molecule has 5 aliphatic rings. The highest BCUT2D eigenvalue weighted by Crippen LogP contribution is 2.59. The molecule has 7 nitrogen and oxygen atoms in total. The third kappa shape index (κ3) is 4.89. The molecule has 0 atom stereocenters. The van der Waals surface area contributed by atoms with Gasteiger partial charge in [0.2, 0.25) is 0 Å². The van der Waals surface area contributed by atoms with E-state index in [0.29, 0.717) is 39.8 Å². The molecule has 3 aliphatic heterocycles. The normalized spacial score (nSPS) is 29.6. The number of fused-ring (bicyclic) bond motifs is 1. The Kier molecular flexibility index (Phi) is 7.24. The Morgan fingerprint density at radius 3 is 2.48 bits per heavy atom. The SMILES string of the molecule is CC1(C)[C@H](Oc2ccc(C#N)c(Cl)c2)C(C)(C)[C@H]1N1Cc2nc(C#CC3CCC(N4CC5(CCNC5)C4)CC3)ccc2C1=O. The lowest BCUT2D eigenvalue weighted by atomic mass is 9.49. The lowest BCUT2D eigenvalue weighted by Gasteiger charge is -2.65. The summed E-state index contributed by atoms with van der Waals surface area (Å²) in [5, 5.41) is 13.1. The van der Waals surface area contributed by atoms with Gasteiger partial charge in [-0.2, -0.15) is 5.26 Å². The van der Waals surface area contributed by atoms with Crippen LogP contribution in [0, 0.1) is 45.3 Å². The molecule has 230 valence electrons. The average Bonchev–Trinajstić information content (AvgIpc) is 3.59. The van der Waals surface area contributed by atoms with Crippen LogP contribution in [0.25, 0.3) is 0 Å². The summed E-state index contributed by atoms with van der Waals surface area (Å²) in [7, 11) is 0. The van der Waals surface area contributed by atoms with Gasteiger partial charge in [0.15, 0.2) is 0 Å². The number of carbonyl (C=O) groups excluding carboxylic acids is 1. The summed E-state index contributed by atoms with van der Waals surface area (Å²) in [6.07, 6.45) is 5.97. The number of nitrogens with zero attached hydrogens (tertiary/aromatic N) is 4. The molecule has 1 spiro atoms. The van der Waals surface area contributed by atoms with Crippen molar-refractivity contribution in [1.29, 1.82) is 5.26 Å². The van der Waals surface area contributed by atoms with Crippen molar-refractivity contribution in [1.82, 2.24) is 20.1 Å². The molecule has 2 saturated heterocycles. The fourth-order valence-electron chi connectivity index (χ4n) is 9.39. The molecule has 4 fully saturated rings. The van der Waals surface area contributed by atoms with Gasteiger partial charge >= 0.3 is 0 Å². The molecule has 0 bridgehead atoms. The highest BCUT2D eigenvalue weighted by atomic mass is 35.5. The predicted octanol–water partition coefficient (Wildman–Crippen LogP) is 5.65. The van der Waals surface area contributed by atoms with Crippen LogP contribution in [-0.2, 0) is 6.54 Å². The van der Waals surface area contributed by atoms with Gasteiger partial charge in [-0.3, -0.25) is 9.69 Å². The highest BCUT2D eigenvalue weighted by Gasteiger charge is 2.67. The van der Waals surface area contributed by atoms with E-state index in [9.17, 15) is 10.1 Å². The van der Waals surface area contributed by atoms with Gasteiger partial charge in [0, 0.05) is 59.9 Å². The molecule has 1 aromatic carbocycles. The molecule has 44 heavy (non-hydrogen) atoms. The molecule has 1 amide bonds. The van der Waals surface area contributed by atoms with Crippen LogP contribution >= 0.6 is 11.6 Å². The van der Waals surface area contributed by atoms with Crippen LogP contribution in [0.3, 0.4) is 0 Å². The number of hydrogen-bond donors (Lipinski definition) is 1. The van der Waals surface area contributed by atoms with E-state index in [1.807, 2.05) is 17.0 Å². The van der Waals surface area contributed by atoms with E-state index in [2.05, 4.69) is 55.8 Å². The van der Waals surface area contributed by atoms with Crippen molar-refractivity contribution in [2.24, 2.45) is 22.2 Å². The maximum absolute atomic E-state index is 13.7. The molecule has 1 N–H and O–H groups in total. The van der Waals surface area contributed by atoms with Crippen molar-refractivity contribution in [3.63, 3.8) is 0 Å². The Hall–Kier alpha value is -3.10. The number of nitrogens with one attached hydrogen (secondary N) is 1. The minimum absolute atomic E-state index is 0.0255. The number of hydrogen-bond acceptors (Lipinski definition) is 6. The van der Waals surface area contributed by atoms with Crippen molar-refractivity contribution in [3.05, 3.63) is 57.9 Å².